The van der Waals surface area contributed by atoms with E-state index in [9.17, 15) is 4.39 Å². The average Bonchev–Trinajstić information content (AvgIpc) is 2.80. The Morgan fingerprint density at radius 3 is 3.05 bits per heavy atom. The number of fused-ring (bicyclic) bond motifs is 1. The highest BCUT2D eigenvalue weighted by Gasteiger charge is 2.25. The van der Waals surface area contributed by atoms with Gasteiger partial charge in [0.25, 0.3) is 0 Å². The van der Waals surface area contributed by atoms with Crippen molar-refractivity contribution in [3.05, 3.63) is 29.6 Å². The van der Waals surface area contributed by atoms with Crippen molar-refractivity contribution in [2.45, 2.75) is 37.8 Å². The molecule has 0 radical (unpaired) electrons. The van der Waals surface area contributed by atoms with Gasteiger partial charge in [0.15, 0.2) is 0 Å². The van der Waals surface area contributed by atoms with Crippen molar-refractivity contribution in [3.8, 4) is 5.75 Å². The van der Waals surface area contributed by atoms with Gasteiger partial charge in [0.2, 0.25) is 0 Å². The van der Waals surface area contributed by atoms with E-state index in [0.717, 1.165) is 37.4 Å². The van der Waals surface area contributed by atoms with Gasteiger partial charge >= 0.3 is 0 Å². The molecule has 3 nitrogen and oxygen atoms in total. The Balaban J connectivity index is 1.49. The molecule has 3 rings (SSSR count). The number of benzene rings is 1. The summed E-state index contributed by atoms with van der Waals surface area (Å²) in [5.41, 5.74) is 0.999. The summed E-state index contributed by atoms with van der Waals surface area (Å²) < 4.78 is 19.1. The van der Waals surface area contributed by atoms with E-state index in [1.54, 1.807) is 12.1 Å². The molecule has 1 saturated heterocycles. The van der Waals surface area contributed by atoms with Crippen LogP contribution in [0.25, 0.3) is 0 Å². The van der Waals surface area contributed by atoms with Gasteiger partial charge in [-0.2, -0.15) is 0 Å². The van der Waals surface area contributed by atoms with Crippen LogP contribution in [-0.4, -0.2) is 43.7 Å². The van der Waals surface area contributed by atoms with E-state index in [-0.39, 0.29) is 11.9 Å². The van der Waals surface area contributed by atoms with E-state index in [2.05, 4.69) is 17.3 Å². The van der Waals surface area contributed by atoms with Crippen LogP contribution in [0.5, 0.6) is 5.75 Å². The highest BCUT2D eigenvalue weighted by molar-refractivity contribution is 5.37. The molecule has 2 unspecified atom stereocenters. The number of nitrogens with zero attached hydrogens (tertiary/aromatic N) is 1. The van der Waals surface area contributed by atoms with Gasteiger partial charge < -0.3 is 15.0 Å². The zero-order chi connectivity index (χ0) is 13.9. The van der Waals surface area contributed by atoms with E-state index >= 15 is 0 Å². The number of hydrogen-bond donors (Lipinski definition) is 1. The van der Waals surface area contributed by atoms with Crippen LogP contribution in [-0.2, 0) is 6.42 Å². The smallest absolute Gasteiger partial charge is 0.123 e. The molecule has 0 saturated carbocycles. The average molecular weight is 278 g/mol. The SMILES string of the molecule is CN(CC1CCCCN1)CC1Cc2cc(F)ccc2O1. The number of nitrogens with one attached hydrogen (secondary N) is 1. The number of rotatable bonds is 4. The van der Waals surface area contributed by atoms with Crippen molar-refractivity contribution in [2.24, 2.45) is 0 Å². The van der Waals surface area contributed by atoms with Crippen LogP contribution >= 0.6 is 0 Å². The van der Waals surface area contributed by atoms with Crippen LogP contribution in [0.3, 0.4) is 0 Å². The maximum Gasteiger partial charge on any atom is 0.123 e. The molecule has 110 valence electrons. The highest BCUT2D eigenvalue weighted by atomic mass is 19.1. The maximum atomic E-state index is 13.2. The van der Waals surface area contributed by atoms with Crippen LogP contribution in [0, 0.1) is 5.82 Å². The fourth-order valence-corrected chi connectivity index (χ4v) is 3.27. The van der Waals surface area contributed by atoms with Crippen molar-refractivity contribution in [1.82, 2.24) is 10.2 Å². The first-order chi connectivity index (χ1) is 9.70. The third-order valence-electron chi connectivity index (χ3n) is 4.22. The van der Waals surface area contributed by atoms with Crippen molar-refractivity contribution in [1.29, 1.82) is 0 Å². The van der Waals surface area contributed by atoms with E-state index in [0.29, 0.717) is 6.04 Å². The standard InChI is InChI=1S/C16H23FN2O/c1-19(10-14-4-2-3-7-18-14)11-15-9-12-8-13(17)5-6-16(12)20-15/h5-6,8,14-15,18H,2-4,7,9-11H2,1H3. The lowest BCUT2D eigenvalue weighted by atomic mass is 10.0. The zero-order valence-corrected chi connectivity index (χ0v) is 12.1. The normalized spacial score (nSPS) is 25.6. The van der Waals surface area contributed by atoms with E-state index in [4.69, 9.17) is 4.74 Å². The lowest BCUT2D eigenvalue weighted by Crippen LogP contribution is -2.44. The third kappa shape index (κ3) is 3.30. The Hall–Kier alpha value is -1.13. The summed E-state index contributed by atoms with van der Waals surface area (Å²) in [4.78, 5) is 2.33. The highest BCUT2D eigenvalue weighted by Crippen LogP contribution is 2.29. The molecule has 2 atom stereocenters. The summed E-state index contributed by atoms with van der Waals surface area (Å²) in [6.45, 7) is 3.10. The fourth-order valence-electron chi connectivity index (χ4n) is 3.27. The second kappa shape index (κ2) is 6.10. The Kier molecular flexibility index (Phi) is 4.22. The monoisotopic (exact) mass is 278 g/mol. The second-order valence-electron chi connectivity index (χ2n) is 6.06. The van der Waals surface area contributed by atoms with Crippen LogP contribution in [0.2, 0.25) is 0 Å². The third-order valence-corrected chi connectivity index (χ3v) is 4.22. The molecule has 0 aliphatic carbocycles. The minimum Gasteiger partial charge on any atom is -0.488 e. The fraction of sp³-hybridized carbons (Fsp3) is 0.625. The molecular weight excluding hydrogens is 255 g/mol. The summed E-state index contributed by atoms with van der Waals surface area (Å²) in [7, 11) is 2.14. The van der Waals surface area contributed by atoms with Gasteiger partial charge in [-0.15, -0.1) is 0 Å². The molecule has 0 aromatic heterocycles. The van der Waals surface area contributed by atoms with E-state index in [1.165, 1.54) is 25.3 Å². The van der Waals surface area contributed by atoms with Gasteiger partial charge in [0, 0.05) is 31.1 Å². The molecule has 0 spiro atoms. The van der Waals surface area contributed by atoms with Crippen LogP contribution in [0.15, 0.2) is 18.2 Å². The minimum absolute atomic E-state index is 0.153. The maximum absolute atomic E-state index is 13.2. The largest absolute Gasteiger partial charge is 0.488 e. The summed E-state index contributed by atoms with van der Waals surface area (Å²) in [5, 5.41) is 3.57. The lowest BCUT2D eigenvalue weighted by Gasteiger charge is -2.29. The first kappa shape index (κ1) is 13.8. The molecule has 20 heavy (non-hydrogen) atoms. The van der Waals surface area contributed by atoms with Gasteiger partial charge in [0.1, 0.15) is 17.7 Å². The number of hydrogen-bond acceptors (Lipinski definition) is 3. The van der Waals surface area contributed by atoms with Gasteiger partial charge in [0.05, 0.1) is 0 Å². The molecule has 0 bridgehead atoms. The number of ether oxygens (including phenoxy) is 1. The molecule has 1 N–H and O–H groups in total. The van der Waals surface area contributed by atoms with Crippen LogP contribution < -0.4 is 10.1 Å². The molecule has 1 fully saturated rings. The Bertz CT molecular complexity index is 460. The summed E-state index contributed by atoms with van der Waals surface area (Å²) >= 11 is 0. The van der Waals surface area contributed by atoms with Crippen molar-refractivity contribution in [2.75, 3.05) is 26.7 Å². The minimum atomic E-state index is -0.173. The van der Waals surface area contributed by atoms with Crippen molar-refractivity contribution in [3.63, 3.8) is 0 Å². The molecule has 0 amide bonds. The zero-order valence-electron chi connectivity index (χ0n) is 12.1. The molecule has 2 heterocycles. The Morgan fingerprint density at radius 1 is 1.35 bits per heavy atom. The quantitative estimate of drug-likeness (QED) is 0.914. The van der Waals surface area contributed by atoms with Gasteiger partial charge in [-0.3, -0.25) is 0 Å². The first-order valence-corrected chi connectivity index (χ1v) is 7.58. The number of likely N-dealkylation sites (N-methyl/N-ethyl adjacent to an activating group) is 1. The van der Waals surface area contributed by atoms with Gasteiger partial charge in [-0.1, -0.05) is 6.42 Å². The van der Waals surface area contributed by atoms with Crippen LogP contribution in [0.4, 0.5) is 4.39 Å². The van der Waals surface area contributed by atoms with Crippen molar-refractivity contribution < 1.29 is 9.13 Å². The number of piperidine rings is 1. The van der Waals surface area contributed by atoms with E-state index in [1.807, 2.05) is 0 Å². The lowest BCUT2D eigenvalue weighted by molar-refractivity contribution is 0.156. The van der Waals surface area contributed by atoms with Gasteiger partial charge in [-0.05, 0) is 44.6 Å². The molecule has 4 heteroatoms. The molecule has 1 aromatic carbocycles. The predicted molar refractivity (Wildman–Crippen MR) is 77.7 cm³/mol. The molecule has 1 aromatic rings. The Morgan fingerprint density at radius 2 is 2.25 bits per heavy atom. The molecule has 2 aliphatic heterocycles. The van der Waals surface area contributed by atoms with E-state index < -0.39 is 0 Å². The topological polar surface area (TPSA) is 24.5 Å². The second-order valence-corrected chi connectivity index (χ2v) is 6.06. The van der Waals surface area contributed by atoms with Crippen LogP contribution in [0.1, 0.15) is 24.8 Å². The Labute approximate surface area is 120 Å². The molecule has 2 aliphatic rings. The summed E-state index contributed by atoms with van der Waals surface area (Å²) in [6.07, 6.45) is 4.86. The first-order valence-electron chi connectivity index (χ1n) is 7.58. The van der Waals surface area contributed by atoms with Crippen molar-refractivity contribution >= 4 is 0 Å². The van der Waals surface area contributed by atoms with Gasteiger partial charge in [-0.25, -0.2) is 4.39 Å². The predicted octanol–water partition coefficient (Wildman–Crippen LogP) is 2.20. The molecular formula is C16H23FN2O. The summed E-state index contributed by atoms with van der Waals surface area (Å²) in [5.74, 6) is 0.674. The number of halogens is 1. The summed E-state index contributed by atoms with van der Waals surface area (Å²) in [6, 6.07) is 5.41.